The number of hydrogen-bond donors (Lipinski definition) is 1. The van der Waals surface area contributed by atoms with Crippen molar-refractivity contribution in [1.29, 1.82) is 0 Å². The number of benzene rings is 1. The zero-order valence-corrected chi connectivity index (χ0v) is 11.3. The van der Waals surface area contributed by atoms with Crippen molar-refractivity contribution < 1.29 is 13.9 Å². The minimum Gasteiger partial charge on any atom is -0.494 e. The van der Waals surface area contributed by atoms with E-state index in [0.717, 1.165) is 39.4 Å². The number of morpholine rings is 1. The Labute approximate surface area is 113 Å². The molecule has 19 heavy (non-hydrogen) atoms. The highest BCUT2D eigenvalue weighted by Gasteiger charge is 2.10. The number of nitrogens with one attached hydrogen (secondary N) is 1. The maximum atomic E-state index is 13.9. The van der Waals surface area contributed by atoms with Crippen LogP contribution in [0.3, 0.4) is 0 Å². The molecule has 1 aliphatic heterocycles. The van der Waals surface area contributed by atoms with Gasteiger partial charge in [0.15, 0.2) is 11.6 Å². The first-order chi connectivity index (χ1) is 9.31. The minimum atomic E-state index is -0.274. The summed E-state index contributed by atoms with van der Waals surface area (Å²) in [4.78, 5) is 2.35. The van der Waals surface area contributed by atoms with E-state index >= 15 is 0 Å². The van der Waals surface area contributed by atoms with Gasteiger partial charge in [0, 0.05) is 38.3 Å². The van der Waals surface area contributed by atoms with Crippen LogP contribution in [0.2, 0.25) is 0 Å². The number of nitrogens with zero attached hydrogens (tertiary/aromatic N) is 1. The lowest BCUT2D eigenvalue weighted by Gasteiger charge is -2.26. The lowest BCUT2D eigenvalue weighted by atomic mass is 10.2. The molecular formula is C14H21FN2O2. The van der Waals surface area contributed by atoms with Crippen LogP contribution in [0.1, 0.15) is 5.56 Å². The Hall–Kier alpha value is -1.17. The van der Waals surface area contributed by atoms with Crippen molar-refractivity contribution >= 4 is 0 Å². The van der Waals surface area contributed by atoms with Gasteiger partial charge in [-0.05, 0) is 6.07 Å². The van der Waals surface area contributed by atoms with Crippen molar-refractivity contribution in [2.24, 2.45) is 0 Å². The van der Waals surface area contributed by atoms with E-state index in [1.165, 1.54) is 7.11 Å². The fourth-order valence-electron chi connectivity index (χ4n) is 2.14. The van der Waals surface area contributed by atoms with Crippen LogP contribution in [0.25, 0.3) is 0 Å². The number of rotatable bonds is 6. The molecule has 1 aromatic rings. The van der Waals surface area contributed by atoms with Gasteiger partial charge in [-0.25, -0.2) is 4.39 Å². The molecule has 106 valence electrons. The predicted molar refractivity (Wildman–Crippen MR) is 71.9 cm³/mol. The number of ether oxygens (including phenoxy) is 2. The molecule has 4 nitrogen and oxygen atoms in total. The summed E-state index contributed by atoms with van der Waals surface area (Å²) in [5.41, 5.74) is 0.640. The molecule has 2 rings (SSSR count). The van der Waals surface area contributed by atoms with E-state index in [4.69, 9.17) is 9.47 Å². The minimum absolute atomic E-state index is 0.274. The van der Waals surface area contributed by atoms with Gasteiger partial charge in [0.1, 0.15) is 0 Å². The van der Waals surface area contributed by atoms with Crippen molar-refractivity contribution in [3.8, 4) is 5.75 Å². The summed E-state index contributed by atoms with van der Waals surface area (Å²) in [6.07, 6.45) is 0. The highest BCUT2D eigenvalue weighted by Crippen LogP contribution is 2.19. The van der Waals surface area contributed by atoms with Gasteiger partial charge in [-0.1, -0.05) is 12.1 Å². The Balaban J connectivity index is 1.73. The van der Waals surface area contributed by atoms with Crippen LogP contribution in [0.5, 0.6) is 5.75 Å². The highest BCUT2D eigenvalue weighted by molar-refractivity contribution is 5.30. The Bertz CT molecular complexity index is 395. The van der Waals surface area contributed by atoms with Crippen molar-refractivity contribution in [2.45, 2.75) is 6.54 Å². The summed E-state index contributed by atoms with van der Waals surface area (Å²) in [6, 6.07) is 5.22. The van der Waals surface area contributed by atoms with Gasteiger partial charge in [-0.15, -0.1) is 0 Å². The van der Waals surface area contributed by atoms with Crippen molar-refractivity contribution in [1.82, 2.24) is 10.2 Å². The van der Waals surface area contributed by atoms with E-state index in [1.54, 1.807) is 18.2 Å². The van der Waals surface area contributed by atoms with E-state index in [9.17, 15) is 4.39 Å². The third kappa shape index (κ3) is 4.16. The maximum Gasteiger partial charge on any atom is 0.169 e. The summed E-state index contributed by atoms with van der Waals surface area (Å²) >= 11 is 0. The molecule has 1 heterocycles. The van der Waals surface area contributed by atoms with E-state index in [1.807, 2.05) is 0 Å². The van der Waals surface area contributed by atoms with Crippen LogP contribution in [-0.2, 0) is 11.3 Å². The third-order valence-corrected chi connectivity index (χ3v) is 3.29. The number of halogens is 1. The van der Waals surface area contributed by atoms with Gasteiger partial charge in [0.25, 0.3) is 0 Å². The molecule has 5 heteroatoms. The average molecular weight is 268 g/mol. The van der Waals surface area contributed by atoms with Crippen molar-refractivity contribution in [3.05, 3.63) is 29.6 Å². The van der Waals surface area contributed by atoms with Crippen LogP contribution >= 0.6 is 0 Å². The summed E-state index contributed by atoms with van der Waals surface area (Å²) in [5, 5.41) is 3.26. The van der Waals surface area contributed by atoms with Crippen LogP contribution < -0.4 is 10.1 Å². The molecule has 0 bridgehead atoms. The molecule has 0 radical (unpaired) electrons. The molecule has 0 saturated carbocycles. The normalized spacial score (nSPS) is 16.5. The monoisotopic (exact) mass is 268 g/mol. The standard InChI is InChI=1S/C14H21FN2O2/c1-18-13-4-2-3-12(14(13)15)11-16-5-6-17-7-9-19-10-8-17/h2-4,16H,5-11H2,1H3. The van der Waals surface area contributed by atoms with E-state index in [0.29, 0.717) is 17.9 Å². The van der Waals surface area contributed by atoms with Gasteiger partial charge in [-0.3, -0.25) is 4.90 Å². The van der Waals surface area contributed by atoms with Crippen LogP contribution in [0.15, 0.2) is 18.2 Å². The quantitative estimate of drug-likeness (QED) is 0.788. The SMILES string of the molecule is COc1cccc(CNCCN2CCOCC2)c1F. The maximum absolute atomic E-state index is 13.9. The Morgan fingerprint density at radius 3 is 2.89 bits per heavy atom. The molecule has 1 aliphatic rings. The summed E-state index contributed by atoms with van der Waals surface area (Å²) in [5.74, 6) is 0.0244. The predicted octanol–water partition coefficient (Wildman–Crippen LogP) is 1.26. The lowest BCUT2D eigenvalue weighted by molar-refractivity contribution is 0.0384. The molecule has 0 aromatic heterocycles. The van der Waals surface area contributed by atoms with Gasteiger partial charge in [-0.2, -0.15) is 0 Å². The Morgan fingerprint density at radius 2 is 2.16 bits per heavy atom. The second kappa shape index (κ2) is 7.43. The molecule has 1 aromatic carbocycles. The van der Waals surface area contributed by atoms with Crippen LogP contribution in [-0.4, -0.2) is 51.4 Å². The lowest BCUT2D eigenvalue weighted by Crippen LogP contribution is -2.40. The van der Waals surface area contributed by atoms with E-state index in [-0.39, 0.29) is 5.82 Å². The smallest absolute Gasteiger partial charge is 0.169 e. The van der Waals surface area contributed by atoms with Crippen molar-refractivity contribution in [3.63, 3.8) is 0 Å². The average Bonchev–Trinajstić information content (AvgIpc) is 2.46. The molecule has 0 aliphatic carbocycles. The van der Waals surface area contributed by atoms with Gasteiger partial charge < -0.3 is 14.8 Å². The molecule has 0 spiro atoms. The molecule has 1 N–H and O–H groups in total. The Kier molecular flexibility index (Phi) is 5.57. The summed E-state index contributed by atoms with van der Waals surface area (Å²) < 4.78 is 24.1. The van der Waals surface area contributed by atoms with E-state index in [2.05, 4.69) is 10.2 Å². The largest absolute Gasteiger partial charge is 0.494 e. The zero-order chi connectivity index (χ0) is 13.5. The van der Waals surface area contributed by atoms with Gasteiger partial charge in [0.2, 0.25) is 0 Å². The van der Waals surface area contributed by atoms with E-state index < -0.39 is 0 Å². The third-order valence-electron chi connectivity index (χ3n) is 3.29. The molecule has 0 atom stereocenters. The molecule has 1 fully saturated rings. The molecule has 0 amide bonds. The number of hydrogen-bond acceptors (Lipinski definition) is 4. The second-order valence-corrected chi connectivity index (χ2v) is 4.56. The molecule has 1 saturated heterocycles. The number of methoxy groups -OCH3 is 1. The fraction of sp³-hybridized carbons (Fsp3) is 0.571. The zero-order valence-electron chi connectivity index (χ0n) is 11.3. The summed E-state index contributed by atoms with van der Waals surface area (Å²) in [6.45, 7) is 5.92. The first-order valence-electron chi connectivity index (χ1n) is 6.63. The van der Waals surface area contributed by atoms with Crippen molar-refractivity contribution in [2.75, 3.05) is 46.5 Å². The highest BCUT2D eigenvalue weighted by atomic mass is 19.1. The van der Waals surface area contributed by atoms with Gasteiger partial charge >= 0.3 is 0 Å². The molecule has 0 unspecified atom stereocenters. The first-order valence-corrected chi connectivity index (χ1v) is 6.63. The summed E-state index contributed by atoms with van der Waals surface area (Å²) in [7, 11) is 1.48. The van der Waals surface area contributed by atoms with Crippen LogP contribution in [0.4, 0.5) is 4.39 Å². The van der Waals surface area contributed by atoms with Gasteiger partial charge in [0.05, 0.1) is 20.3 Å². The van der Waals surface area contributed by atoms with Crippen LogP contribution in [0, 0.1) is 5.82 Å². The first kappa shape index (κ1) is 14.2. The molecular weight excluding hydrogens is 247 g/mol. The Morgan fingerprint density at radius 1 is 1.37 bits per heavy atom. The topological polar surface area (TPSA) is 33.7 Å². The second-order valence-electron chi connectivity index (χ2n) is 4.56. The fourth-order valence-corrected chi connectivity index (χ4v) is 2.14.